The van der Waals surface area contributed by atoms with Crippen LogP contribution >= 0.6 is 10.7 Å². The van der Waals surface area contributed by atoms with Crippen molar-refractivity contribution in [2.75, 3.05) is 6.61 Å². The number of nitrogens with one attached hydrogen (secondary N) is 1. The zero-order valence-corrected chi connectivity index (χ0v) is 10.6. The van der Waals surface area contributed by atoms with E-state index < -0.39 is 15.0 Å². The van der Waals surface area contributed by atoms with Crippen molar-refractivity contribution in [1.29, 1.82) is 0 Å². The summed E-state index contributed by atoms with van der Waals surface area (Å²) in [5, 5.41) is 6.27. The van der Waals surface area contributed by atoms with Gasteiger partial charge < -0.3 is 4.74 Å². The minimum absolute atomic E-state index is 0.0919. The van der Waals surface area contributed by atoms with Crippen LogP contribution in [0.25, 0.3) is 0 Å². The Balaban J connectivity index is 2.49. The van der Waals surface area contributed by atoms with Gasteiger partial charge >= 0.3 is 5.97 Å². The SMILES string of the molecule is CCOC(=O)c1n[nH]c(C2CC2)c1S(=O)(=O)Cl. The molecular weight excluding hydrogens is 268 g/mol. The highest BCUT2D eigenvalue weighted by atomic mass is 35.7. The smallest absolute Gasteiger partial charge is 0.360 e. The van der Waals surface area contributed by atoms with Gasteiger partial charge in [-0.05, 0) is 19.8 Å². The van der Waals surface area contributed by atoms with E-state index in [1.165, 1.54) is 0 Å². The number of halogens is 1. The number of esters is 1. The average Bonchev–Trinajstić information content (AvgIpc) is 2.95. The lowest BCUT2D eigenvalue weighted by Crippen LogP contribution is -2.09. The van der Waals surface area contributed by atoms with Crippen LogP contribution in [0.3, 0.4) is 0 Å². The average molecular weight is 279 g/mol. The fourth-order valence-electron chi connectivity index (χ4n) is 1.58. The van der Waals surface area contributed by atoms with Crippen molar-refractivity contribution >= 4 is 25.7 Å². The van der Waals surface area contributed by atoms with Crippen LogP contribution in [0.15, 0.2) is 4.90 Å². The van der Waals surface area contributed by atoms with Crippen LogP contribution in [-0.4, -0.2) is 31.2 Å². The maximum absolute atomic E-state index is 11.5. The van der Waals surface area contributed by atoms with E-state index >= 15 is 0 Å². The third-order valence-corrected chi connectivity index (χ3v) is 3.81. The van der Waals surface area contributed by atoms with Crippen LogP contribution < -0.4 is 0 Å². The highest BCUT2D eigenvalue weighted by Gasteiger charge is 2.36. The van der Waals surface area contributed by atoms with Crippen molar-refractivity contribution in [3.8, 4) is 0 Å². The molecule has 17 heavy (non-hydrogen) atoms. The van der Waals surface area contributed by atoms with Gasteiger partial charge in [0.25, 0.3) is 9.05 Å². The quantitative estimate of drug-likeness (QED) is 0.664. The largest absolute Gasteiger partial charge is 0.461 e. The second kappa shape index (κ2) is 4.30. The van der Waals surface area contributed by atoms with E-state index in [-0.39, 0.29) is 23.1 Å². The summed E-state index contributed by atoms with van der Waals surface area (Å²) in [5.74, 6) is -0.691. The van der Waals surface area contributed by atoms with Crippen molar-refractivity contribution in [3.63, 3.8) is 0 Å². The molecule has 1 fully saturated rings. The number of hydrogen-bond acceptors (Lipinski definition) is 5. The Hall–Kier alpha value is -1.08. The third kappa shape index (κ3) is 2.44. The summed E-state index contributed by atoms with van der Waals surface area (Å²) < 4.78 is 27.7. The fourth-order valence-corrected chi connectivity index (χ4v) is 2.88. The third-order valence-electron chi connectivity index (χ3n) is 2.45. The lowest BCUT2D eigenvalue weighted by Gasteiger charge is -2.01. The van der Waals surface area contributed by atoms with Crippen molar-refractivity contribution in [3.05, 3.63) is 11.4 Å². The van der Waals surface area contributed by atoms with E-state index in [4.69, 9.17) is 15.4 Å². The Morgan fingerprint density at radius 3 is 2.71 bits per heavy atom. The summed E-state index contributed by atoms with van der Waals surface area (Å²) in [6.07, 6.45) is 1.73. The van der Waals surface area contributed by atoms with E-state index in [9.17, 15) is 13.2 Å². The first-order valence-corrected chi connectivity index (χ1v) is 7.46. The van der Waals surface area contributed by atoms with Crippen LogP contribution in [0.2, 0.25) is 0 Å². The van der Waals surface area contributed by atoms with Gasteiger partial charge in [-0.25, -0.2) is 13.2 Å². The van der Waals surface area contributed by atoms with Crippen LogP contribution in [0.1, 0.15) is 41.9 Å². The van der Waals surface area contributed by atoms with Gasteiger partial charge in [-0.3, -0.25) is 5.10 Å². The second-order valence-corrected chi connectivity index (χ2v) is 6.25. The van der Waals surface area contributed by atoms with Gasteiger partial charge in [-0.15, -0.1) is 0 Å². The summed E-state index contributed by atoms with van der Waals surface area (Å²) in [6, 6.07) is 0. The Bertz CT molecular complexity index is 547. The molecule has 1 aliphatic carbocycles. The zero-order valence-electron chi connectivity index (χ0n) is 9.07. The number of nitrogens with zero attached hydrogens (tertiary/aromatic N) is 1. The molecule has 1 aromatic rings. The molecular formula is C9H11ClN2O4S. The van der Waals surface area contributed by atoms with Gasteiger partial charge in [0.15, 0.2) is 5.69 Å². The number of hydrogen-bond donors (Lipinski definition) is 1. The molecule has 0 unspecified atom stereocenters. The minimum atomic E-state index is -4.01. The molecule has 8 heteroatoms. The molecule has 0 radical (unpaired) electrons. The fraction of sp³-hybridized carbons (Fsp3) is 0.556. The van der Waals surface area contributed by atoms with E-state index in [1.54, 1.807) is 6.92 Å². The summed E-state index contributed by atoms with van der Waals surface area (Å²) in [5.41, 5.74) is 0.145. The summed E-state index contributed by atoms with van der Waals surface area (Å²) in [6.45, 7) is 1.77. The number of aromatic amines is 1. The zero-order chi connectivity index (χ0) is 12.6. The first kappa shape index (κ1) is 12.4. The van der Waals surface area contributed by atoms with Gasteiger partial charge in [0.05, 0.1) is 12.3 Å². The van der Waals surface area contributed by atoms with Gasteiger partial charge in [0.1, 0.15) is 4.90 Å². The van der Waals surface area contributed by atoms with E-state index in [0.717, 1.165) is 12.8 Å². The molecule has 0 aromatic carbocycles. The first-order valence-electron chi connectivity index (χ1n) is 5.15. The van der Waals surface area contributed by atoms with Crippen LogP contribution in [0, 0.1) is 0 Å². The van der Waals surface area contributed by atoms with Crippen LogP contribution in [0.4, 0.5) is 0 Å². The predicted molar refractivity (Wildman–Crippen MR) is 59.6 cm³/mol. The summed E-state index contributed by atoms with van der Waals surface area (Å²) >= 11 is 0. The van der Waals surface area contributed by atoms with Crippen LogP contribution in [-0.2, 0) is 13.8 Å². The lowest BCUT2D eigenvalue weighted by atomic mass is 10.2. The Labute approximate surface area is 103 Å². The molecule has 0 amide bonds. The topological polar surface area (TPSA) is 89.1 Å². The van der Waals surface area contributed by atoms with Gasteiger partial charge in [-0.1, -0.05) is 0 Å². The highest BCUT2D eigenvalue weighted by Crippen LogP contribution is 2.43. The Morgan fingerprint density at radius 2 is 2.24 bits per heavy atom. The molecule has 0 atom stereocenters. The van der Waals surface area contributed by atoms with E-state index in [0.29, 0.717) is 5.69 Å². The number of rotatable bonds is 4. The van der Waals surface area contributed by atoms with Gasteiger partial charge in [-0.2, -0.15) is 5.10 Å². The molecule has 1 N–H and O–H groups in total. The maximum Gasteiger partial charge on any atom is 0.360 e. The Kier molecular flexibility index (Phi) is 3.13. The Morgan fingerprint density at radius 1 is 1.59 bits per heavy atom. The van der Waals surface area contributed by atoms with Crippen molar-refractivity contribution in [2.24, 2.45) is 0 Å². The van der Waals surface area contributed by atoms with E-state index in [2.05, 4.69) is 10.2 Å². The number of carbonyl (C=O) groups is 1. The highest BCUT2D eigenvalue weighted by molar-refractivity contribution is 8.13. The molecule has 0 spiro atoms. The molecule has 2 rings (SSSR count). The monoisotopic (exact) mass is 278 g/mol. The van der Waals surface area contributed by atoms with Gasteiger partial charge in [0, 0.05) is 16.6 Å². The lowest BCUT2D eigenvalue weighted by molar-refractivity contribution is 0.0515. The minimum Gasteiger partial charge on any atom is -0.461 e. The summed E-state index contributed by atoms with van der Waals surface area (Å²) in [4.78, 5) is 11.3. The molecule has 1 heterocycles. The maximum atomic E-state index is 11.5. The molecule has 0 bridgehead atoms. The number of ether oxygens (including phenoxy) is 1. The molecule has 6 nitrogen and oxygen atoms in total. The molecule has 0 saturated heterocycles. The first-order chi connectivity index (χ1) is 7.95. The van der Waals surface area contributed by atoms with E-state index in [1.807, 2.05) is 0 Å². The van der Waals surface area contributed by atoms with Crippen molar-refractivity contribution in [2.45, 2.75) is 30.6 Å². The van der Waals surface area contributed by atoms with Crippen molar-refractivity contribution < 1.29 is 17.9 Å². The molecule has 1 saturated carbocycles. The predicted octanol–water partition coefficient (Wildman–Crippen LogP) is 1.39. The van der Waals surface area contributed by atoms with Crippen molar-refractivity contribution in [1.82, 2.24) is 10.2 Å². The number of aromatic nitrogens is 2. The summed E-state index contributed by atoms with van der Waals surface area (Å²) in [7, 11) is 1.32. The standard InChI is InChI=1S/C9H11ClN2O4S/c1-2-16-9(13)7-8(17(10,14)15)6(11-12-7)5-3-4-5/h5H,2-4H2,1H3,(H,11,12). The van der Waals surface area contributed by atoms with Gasteiger partial charge in [0.2, 0.25) is 0 Å². The normalized spacial score (nSPS) is 15.9. The van der Waals surface area contributed by atoms with Crippen LogP contribution in [0.5, 0.6) is 0 Å². The molecule has 0 aliphatic heterocycles. The molecule has 94 valence electrons. The molecule has 1 aromatic heterocycles. The number of carbonyl (C=O) groups excluding carboxylic acids is 1. The molecule has 1 aliphatic rings. The second-order valence-electron chi connectivity index (χ2n) is 3.75. The number of H-pyrrole nitrogens is 1.